The summed E-state index contributed by atoms with van der Waals surface area (Å²) in [7, 11) is 0. The molecule has 3 rings (SSSR count). The molecule has 1 N–H and O–H groups in total. The molecule has 0 aliphatic carbocycles. The van der Waals surface area contributed by atoms with Gasteiger partial charge in [-0.05, 0) is 45.6 Å². The molecule has 0 bridgehead atoms. The van der Waals surface area contributed by atoms with Crippen molar-refractivity contribution >= 4 is 5.91 Å². The van der Waals surface area contributed by atoms with E-state index in [9.17, 15) is 4.79 Å². The first-order valence-corrected chi connectivity index (χ1v) is 10.7. The molecule has 158 valence electrons. The van der Waals surface area contributed by atoms with Crippen molar-refractivity contribution in [2.75, 3.05) is 52.6 Å². The molecular weight excluding hydrogens is 356 g/mol. The topological polar surface area (TPSA) is 68.6 Å². The zero-order valence-electron chi connectivity index (χ0n) is 17.8. The fraction of sp³-hybridized carbons (Fsp3) is 0.810. The number of aryl methyl sites for hydroxylation is 2. The highest BCUT2D eigenvalue weighted by Gasteiger charge is 2.35. The van der Waals surface area contributed by atoms with Crippen LogP contribution in [0.25, 0.3) is 0 Å². The molecule has 7 heteroatoms. The normalized spacial score (nSPS) is 20.2. The highest BCUT2D eigenvalue weighted by atomic mass is 16.5. The van der Waals surface area contributed by atoms with Crippen LogP contribution in [0.4, 0.5) is 0 Å². The lowest BCUT2D eigenvalue weighted by atomic mass is 9.79. The van der Waals surface area contributed by atoms with Gasteiger partial charge in [-0.3, -0.25) is 14.4 Å². The first-order chi connectivity index (χ1) is 13.5. The first-order valence-electron chi connectivity index (χ1n) is 10.7. The smallest absolute Gasteiger partial charge is 0.220 e. The van der Waals surface area contributed by atoms with Crippen molar-refractivity contribution in [2.45, 2.75) is 53.0 Å². The van der Waals surface area contributed by atoms with Crippen molar-refractivity contribution in [3.05, 3.63) is 17.0 Å². The van der Waals surface area contributed by atoms with E-state index in [-0.39, 0.29) is 11.3 Å². The highest BCUT2D eigenvalue weighted by Crippen LogP contribution is 2.31. The molecule has 0 aromatic carbocycles. The van der Waals surface area contributed by atoms with Crippen molar-refractivity contribution < 1.29 is 14.3 Å². The molecule has 2 aliphatic heterocycles. The van der Waals surface area contributed by atoms with Crippen LogP contribution < -0.4 is 5.32 Å². The predicted octanol–water partition coefficient (Wildman–Crippen LogP) is 1.70. The zero-order chi connectivity index (χ0) is 20.0. The summed E-state index contributed by atoms with van der Waals surface area (Å²) in [5, 5.41) is 7.79. The maximum atomic E-state index is 12.6. The predicted molar refractivity (Wildman–Crippen MR) is 108 cm³/mol. The van der Waals surface area contributed by atoms with Crippen LogP contribution in [0.15, 0.2) is 0 Å². The summed E-state index contributed by atoms with van der Waals surface area (Å²) in [6, 6.07) is 0. The number of carbonyl (C=O) groups is 1. The van der Waals surface area contributed by atoms with Gasteiger partial charge < -0.3 is 14.8 Å². The van der Waals surface area contributed by atoms with Crippen molar-refractivity contribution in [3.63, 3.8) is 0 Å². The molecule has 0 radical (unpaired) electrons. The largest absolute Gasteiger partial charge is 0.381 e. The van der Waals surface area contributed by atoms with Gasteiger partial charge in [-0.1, -0.05) is 0 Å². The van der Waals surface area contributed by atoms with Crippen molar-refractivity contribution in [1.29, 1.82) is 0 Å². The van der Waals surface area contributed by atoms with E-state index in [1.807, 2.05) is 11.6 Å². The third kappa shape index (κ3) is 5.33. The molecule has 7 nitrogen and oxygen atoms in total. The molecule has 28 heavy (non-hydrogen) atoms. The van der Waals surface area contributed by atoms with E-state index in [0.29, 0.717) is 6.42 Å². The van der Waals surface area contributed by atoms with Gasteiger partial charge in [0.05, 0.1) is 18.9 Å². The summed E-state index contributed by atoms with van der Waals surface area (Å²) >= 11 is 0. The van der Waals surface area contributed by atoms with Crippen molar-refractivity contribution in [1.82, 2.24) is 20.0 Å². The van der Waals surface area contributed by atoms with Crippen LogP contribution in [0.1, 0.15) is 43.1 Å². The maximum Gasteiger partial charge on any atom is 0.220 e. The molecule has 1 aromatic heterocycles. The Kier molecular flexibility index (Phi) is 7.48. The summed E-state index contributed by atoms with van der Waals surface area (Å²) in [6.07, 6.45) is 3.28. The van der Waals surface area contributed by atoms with Crippen LogP contribution in [0.5, 0.6) is 0 Å². The first kappa shape index (κ1) is 21.3. The number of hydrogen-bond donors (Lipinski definition) is 1. The van der Waals surface area contributed by atoms with Gasteiger partial charge in [0.15, 0.2) is 0 Å². The fourth-order valence-corrected chi connectivity index (χ4v) is 4.45. The average molecular weight is 393 g/mol. The molecular formula is C21H36N4O3. The van der Waals surface area contributed by atoms with Gasteiger partial charge in [-0.25, -0.2) is 0 Å². The Labute approximate surface area is 168 Å². The Morgan fingerprint density at radius 3 is 2.46 bits per heavy atom. The Morgan fingerprint density at radius 2 is 1.82 bits per heavy atom. The van der Waals surface area contributed by atoms with Crippen molar-refractivity contribution in [2.24, 2.45) is 5.41 Å². The number of amides is 1. The van der Waals surface area contributed by atoms with Gasteiger partial charge in [-0.15, -0.1) is 0 Å². The molecule has 0 spiro atoms. The highest BCUT2D eigenvalue weighted by molar-refractivity contribution is 5.76. The lowest BCUT2D eigenvalue weighted by Gasteiger charge is -2.42. The van der Waals surface area contributed by atoms with Gasteiger partial charge in [0.2, 0.25) is 5.91 Å². The molecule has 1 aromatic rings. The number of nitrogens with zero attached hydrogens (tertiary/aromatic N) is 3. The summed E-state index contributed by atoms with van der Waals surface area (Å²) in [4.78, 5) is 15.1. The summed E-state index contributed by atoms with van der Waals surface area (Å²) in [5.41, 5.74) is 3.55. The van der Waals surface area contributed by atoms with E-state index in [4.69, 9.17) is 9.47 Å². The molecule has 0 saturated carbocycles. The van der Waals surface area contributed by atoms with E-state index in [1.54, 1.807) is 0 Å². The van der Waals surface area contributed by atoms with Gasteiger partial charge in [-0.2, -0.15) is 5.10 Å². The van der Waals surface area contributed by atoms with Gasteiger partial charge in [0.1, 0.15) is 0 Å². The Morgan fingerprint density at radius 1 is 1.14 bits per heavy atom. The van der Waals surface area contributed by atoms with Gasteiger partial charge in [0, 0.05) is 63.5 Å². The monoisotopic (exact) mass is 392 g/mol. The quantitative estimate of drug-likeness (QED) is 0.729. The van der Waals surface area contributed by atoms with Crippen LogP contribution in [0.2, 0.25) is 0 Å². The van der Waals surface area contributed by atoms with E-state index in [2.05, 4.69) is 29.2 Å². The number of morpholine rings is 1. The summed E-state index contributed by atoms with van der Waals surface area (Å²) in [6.45, 7) is 14.0. The number of aromatic nitrogens is 2. The van der Waals surface area contributed by atoms with E-state index in [1.165, 1.54) is 11.3 Å². The van der Waals surface area contributed by atoms with Crippen LogP contribution in [-0.2, 0) is 27.2 Å². The fourth-order valence-electron chi connectivity index (χ4n) is 4.45. The number of ether oxygens (including phenoxy) is 2. The minimum Gasteiger partial charge on any atom is -0.381 e. The standard InChI is InChI=1S/C21H36N4O3/c1-4-25-18(3)19(17(2)23-25)5-6-20(26)22-15-21(7-11-27-12-8-21)16-24-9-13-28-14-10-24/h4-16H2,1-3H3,(H,22,26). The van der Waals surface area contributed by atoms with E-state index < -0.39 is 0 Å². The second-order valence-corrected chi connectivity index (χ2v) is 8.24. The third-order valence-corrected chi connectivity index (χ3v) is 6.31. The molecule has 0 unspecified atom stereocenters. The minimum atomic E-state index is 0.115. The molecule has 2 saturated heterocycles. The number of nitrogens with one attached hydrogen (secondary N) is 1. The SMILES string of the molecule is CCn1nc(C)c(CCC(=O)NCC2(CN3CCOCC3)CCOCC2)c1C. The van der Waals surface area contributed by atoms with Gasteiger partial charge >= 0.3 is 0 Å². The second kappa shape index (κ2) is 9.85. The molecule has 2 fully saturated rings. The molecule has 0 atom stereocenters. The van der Waals surface area contributed by atoms with E-state index in [0.717, 1.165) is 84.1 Å². The van der Waals surface area contributed by atoms with Crippen LogP contribution >= 0.6 is 0 Å². The van der Waals surface area contributed by atoms with Crippen LogP contribution in [0, 0.1) is 19.3 Å². The Bertz CT molecular complexity index is 646. The van der Waals surface area contributed by atoms with Crippen LogP contribution in [-0.4, -0.2) is 73.2 Å². The Hall–Kier alpha value is -1.44. The maximum absolute atomic E-state index is 12.6. The molecule has 1 amide bonds. The molecule has 3 heterocycles. The minimum absolute atomic E-state index is 0.115. The lowest BCUT2D eigenvalue weighted by molar-refractivity contribution is -0.122. The molecule has 2 aliphatic rings. The second-order valence-electron chi connectivity index (χ2n) is 8.24. The summed E-state index contributed by atoms with van der Waals surface area (Å²) < 4.78 is 13.1. The lowest BCUT2D eigenvalue weighted by Crippen LogP contribution is -2.50. The third-order valence-electron chi connectivity index (χ3n) is 6.31. The Balaban J connectivity index is 1.52. The average Bonchev–Trinajstić information content (AvgIpc) is 2.99. The zero-order valence-corrected chi connectivity index (χ0v) is 17.8. The number of hydrogen-bond acceptors (Lipinski definition) is 5. The van der Waals surface area contributed by atoms with E-state index >= 15 is 0 Å². The van der Waals surface area contributed by atoms with Crippen molar-refractivity contribution in [3.8, 4) is 0 Å². The van der Waals surface area contributed by atoms with Gasteiger partial charge in [0.25, 0.3) is 0 Å². The van der Waals surface area contributed by atoms with Crippen LogP contribution in [0.3, 0.4) is 0 Å². The number of rotatable bonds is 8. The summed E-state index contributed by atoms with van der Waals surface area (Å²) in [5.74, 6) is 0.135. The number of carbonyl (C=O) groups excluding carboxylic acids is 1.